The molecule has 0 amide bonds. The molecule has 5 heteroatoms. The van der Waals surface area contributed by atoms with Gasteiger partial charge in [-0.25, -0.2) is 0 Å². The summed E-state index contributed by atoms with van der Waals surface area (Å²) < 4.78 is 7.86. The molecule has 1 unspecified atom stereocenters. The molecule has 29 heavy (non-hydrogen) atoms. The van der Waals surface area contributed by atoms with Gasteiger partial charge in [0.25, 0.3) is 0 Å². The van der Waals surface area contributed by atoms with Gasteiger partial charge in [0.15, 0.2) is 0 Å². The first kappa shape index (κ1) is 32.3. The van der Waals surface area contributed by atoms with Gasteiger partial charge in [-0.2, -0.15) is 8.60 Å². The SMILES string of the molecule is CCCCC(CC)COP([O-])[O-].CCCCCCC[CH2][Sn+2][CH2]CCCCCCC. The van der Waals surface area contributed by atoms with Crippen LogP contribution in [-0.2, 0) is 4.52 Å². The molecule has 174 valence electrons. The molecule has 0 aromatic heterocycles. The fraction of sp³-hybridized carbons (Fsp3) is 1.00. The van der Waals surface area contributed by atoms with Crippen molar-refractivity contribution in [3.63, 3.8) is 0 Å². The number of unbranched alkanes of at least 4 members (excludes halogenated alkanes) is 11. The van der Waals surface area contributed by atoms with Crippen molar-refractivity contribution in [1.29, 1.82) is 0 Å². The minimum absolute atomic E-state index is 0.0736. The van der Waals surface area contributed by atoms with Gasteiger partial charge in [0.05, 0.1) is 6.61 Å². The van der Waals surface area contributed by atoms with Gasteiger partial charge in [0.2, 0.25) is 0 Å². The van der Waals surface area contributed by atoms with Crippen molar-refractivity contribution in [3.05, 3.63) is 0 Å². The van der Waals surface area contributed by atoms with E-state index >= 15 is 0 Å². The van der Waals surface area contributed by atoms with Crippen molar-refractivity contribution in [1.82, 2.24) is 0 Å². The Morgan fingerprint density at radius 3 is 1.52 bits per heavy atom. The zero-order valence-corrected chi connectivity index (χ0v) is 23.9. The van der Waals surface area contributed by atoms with Crippen molar-refractivity contribution in [2.24, 2.45) is 5.92 Å². The van der Waals surface area contributed by atoms with Crippen LogP contribution in [0.4, 0.5) is 0 Å². The second-order valence-electron chi connectivity index (χ2n) is 8.22. The zero-order chi connectivity index (χ0) is 22.0. The predicted octanol–water partition coefficient (Wildman–Crippen LogP) is 7.42. The van der Waals surface area contributed by atoms with Gasteiger partial charge in [-0.1, -0.05) is 33.1 Å². The second kappa shape index (κ2) is 29.1. The summed E-state index contributed by atoms with van der Waals surface area (Å²) in [4.78, 5) is 20.2. The Kier molecular flexibility index (Phi) is 32.4. The Bertz CT molecular complexity index is 267. The summed E-state index contributed by atoms with van der Waals surface area (Å²) >= 11 is 0.0736. The number of hydrogen-bond donors (Lipinski definition) is 0. The molecule has 0 heterocycles. The third-order valence-electron chi connectivity index (χ3n) is 5.37. The van der Waals surface area contributed by atoms with E-state index in [1.165, 1.54) is 64.2 Å². The standard InChI is InChI=1S/C8H17O3P.2C8H17.Sn/c1-3-5-6-8(4-2)7-11-12(9)10;2*1-3-5-7-8-6-4-2;/h8H,3-7H2,1-2H3;2*1,3-8H2,2H3;/q-2;;;+2. The Hall–Kier alpha value is 1.11. The monoisotopic (exact) mass is 538 g/mol. The average Bonchev–Trinajstić information content (AvgIpc) is 2.72. The molecular formula is C24H51O3PSn. The first-order valence-electron chi connectivity index (χ1n) is 12.6. The van der Waals surface area contributed by atoms with Crippen LogP contribution in [0, 0.1) is 5.92 Å². The van der Waals surface area contributed by atoms with Crippen LogP contribution in [0.1, 0.15) is 130 Å². The summed E-state index contributed by atoms with van der Waals surface area (Å²) in [6.45, 7) is 9.14. The van der Waals surface area contributed by atoms with E-state index in [0.717, 1.165) is 25.7 Å². The molecule has 3 nitrogen and oxygen atoms in total. The summed E-state index contributed by atoms with van der Waals surface area (Å²) in [5, 5.41) is 0. The third kappa shape index (κ3) is 31.4. The van der Waals surface area contributed by atoms with Crippen molar-refractivity contribution < 1.29 is 14.3 Å². The molecule has 1 atom stereocenters. The van der Waals surface area contributed by atoms with E-state index in [-0.39, 0.29) is 21.1 Å². The molecular weight excluding hydrogens is 486 g/mol. The van der Waals surface area contributed by atoms with E-state index in [0.29, 0.717) is 12.5 Å². The van der Waals surface area contributed by atoms with Gasteiger partial charge in [0, 0.05) is 0 Å². The quantitative estimate of drug-likeness (QED) is 0.0871. The van der Waals surface area contributed by atoms with Gasteiger partial charge in [-0.15, -0.1) is 0 Å². The van der Waals surface area contributed by atoms with Gasteiger partial charge < -0.3 is 14.3 Å². The average molecular weight is 537 g/mol. The molecule has 0 saturated heterocycles. The van der Waals surface area contributed by atoms with Crippen molar-refractivity contribution >= 4 is 29.7 Å². The van der Waals surface area contributed by atoms with E-state index in [9.17, 15) is 9.79 Å². The molecule has 0 aliphatic rings. The molecule has 0 saturated carbocycles. The maximum atomic E-state index is 10.1. The Labute approximate surface area is 195 Å². The molecule has 0 aromatic carbocycles. The van der Waals surface area contributed by atoms with Crippen LogP contribution in [0.3, 0.4) is 0 Å². The van der Waals surface area contributed by atoms with E-state index in [2.05, 4.69) is 32.2 Å². The molecule has 0 aliphatic carbocycles. The Morgan fingerprint density at radius 1 is 0.655 bits per heavy atom. The van der Waals surface area contributed by atoms with Crippen molar-refractivity contribution in [3.8, 4) is 0 Å². The molecule has 0 spiro atoms. The molecule has 0 N–H and O–H groups in total. The van der Waals surface area contributed by atoms with Crippen LogP contribution >= 0.6 is 8.60 Å². The fourth-order valence-corrected chi connectivity index (χ4v) is 7.15. The second-order valence-corrected chi connectivity index (χ2v) is 13.2. The molecule has 0 aromatic rings. The van der Waals surface area contributed by atoms with E-state index in [1.807, 2.05) is 0 Å². The van der Waals surface area contributed by atoms with Gasteiger partial charge >= 0.3 is 121 Å². The van der Waals surface area contributed by atoms with Crippen LogP contribution < -0.4 is 9.79 Å². The summed E-state index contributed by atoms with van der Waals surface area (Å²) in [5.41, 5.74) is 0. The van der Waals surface area contributed by atoms with E-state index < -0.39 is 8.60 Å². The van der Waals surface area contributed by atoms with E-state index in [4.69, 9.17) is 0 Å². The summed E-state index contributed by atoms with van der Waals surface area (Å²) in [6, 6.07) is 0. The normalized spacial score (nSPS) is 11.8. The maximum absolute atomic E-state index is 10.1. The van der Waals surface area contributed by atoms with Crippen LogP contribution in [0.2, 0.25) is 8.87 Å². The van der Waals surface area contributed by atoms with Crippen LogP contribution in [-0.4, -0.2) is 27.7 Å². The molecule has 0 fully saturated rings. The van der Waals surface area contributed by atoms with Gasteiger partial charge in [-0.3, -0.25) is 0 Å². The summed E-state index contributed by atoms with van der Waals surface area (Å²) in [7, 11) is -2.65. The van der Waals surface area contributed by atoms with Crippen LogP contribution in [0.25, 0.3) is 0 Å². The topological polar surface area (TPSA) is 55.3 Å². The molecule has 0 rings (SSSR count). The van der Waals surface area contributed by atoms with E-state index in [1.54, 1.807) is 21.7 Å². The van der Waals surface area contributed by atoms with Crippen molar-refractivity contribution in [2.75, 3.05) is 6.61 Å². The Balaban J connectivity index is 0. The number of hydrogen-bond acceptors (Lipinski definition) is 3. The minimum atomic E-state index is -2.65. The van der Waals surface area contributed by atoms with Gasteiger partial charge in [-0.05, 0) is 12.3 Å². The Morgan fingerprint density at radius 2 is 1.10 bits per heavy atom. The fourth-order valence-electron chi connectivity index (χ4n) is 3.25. The summed E-state index contributed by atoms with van der Waals surface area (Å²) in [5.74, 6) is 0.401. The summed E-state index contributed by atoms with van der Waals surface area (Å²) in [6.07, 6.45) is 22.2. The molecule has 0 bridgehead atoms. The first-order valence-corrected chi connectivity index (χ1v) is 17.7. The predicted molar refractivity (Wildman–Crippen MR) is 128 cm³/mol. The molecule has 0 radical (unpaired) electrons. The van der Waals surface area contributed by atoms with Crippen molar-refractivity contribution in [2.45, 2.75) is 139 Å². The first-order chi connectivity index (χ1) is 14.1. The third-order valence-corrected chi connectivity index (χ3v) is 9.77. The molecule has 0 aliphatic heterocycles. The van der Waals surface area contributed by atoms with Crippen LogP contribution in [0.15, 0.2) is 0 Å². The van der Waals surface area contributed by atoms with Gasteiger partial charge in [0.1, 0.15) is 0 Å². The number of rotatable bonds is 21. The van der Waals surface area contributed by atoms with Crippen LogP contribution in [0.5, 0.6) is 0 Å². The zero-order valence-electron chi connectivity index (χ0n) is 20.2.